The Hall–Kier alpha value is -3.68. The summed E-state index contributed by atoms with van der Waals surface area (Å²) >= 11 is 0. The molecule has 6 N–H and O–H groups in total. The highest BCUT2D eigenvalue weighted by Gasteiger charge is 2.47. The third-order valence-electron chi connectivity index (χ3n) is 15.9. The molecule has 0 aromatic rings. The van der Waals surface area contributed by atoms with Crippen molar-refractivity contribution in [3.05, 3.63) is 109 Å². The molecule has 0 aromatic heterocycles. The monoisotopic (exact) mass is 1200 g/mol. The van der Waals surface area contributed by atoms with Gasteiger partial charge in [0.25, 0.3) is 0 Å². The van der Waals surface area contributed by atoms with Crippen molar-refractivity contribution in [1.29, 1.82) is 0 Å². The van der Waals surface area contributed by atoms with Crippen molar-refractivity contribution in [1.82, 2.24) is 5.32 Å². The van der Waals surface area contributed by atoms with E-state index < -0.39 is 67.4 Å². The third-order valence-corrected chi connectivity index (χ3v) is 15.9. The Morgan fingerprint density at radius 2 is 0.837 bits per heavy atom. The molecule has 86 heavy (non-hydrogen) atoms. The summed E-state index contributed by atoms with van der Waals surface area (Å²) in [6.45, 7) is 5.66. The van der Waals surface area contributed by atoms with Crippen LogP contribution in [0.2, 0.25) is 0 Å². The lowest BCUT2D eigenvalue weighted by atomic mass is 9.99. The largest absolute Gasteiger partial charge is 0.454 e. The lowest BCUT2D eigenvalue weighted by Crippen LogP contribution is -2.61. The molecule has 0 bridgehead atoms. The van der Waals surface area contributed by atoms with Crippen LogP contribution in [0.25, 0.3) is 0 Å². The van der Waals surface area contributed by atoms with Crippen LogP contribution in [0.3, 0.4) is 0 Å². The smallest absolute Gasteiger partial charge is 0.306 e. The number of nitrogens with one attached hydrogen (secondary N) is 1. The van der Waals surface area contributed by atoms with Crippen LogP contribution >= 0.6 is 0 Å². The fourth-order valence-corrected chi connectivity index (χ4v) is 10.4. The van der Waals surface area contributed by atoms with Crippen molar-refractivity contribution >= 4 is 11.9 Å². The second-order valence-corrected chi connectivity index (χ2v) is 23.9. The summed E-state index contributed by atoms with van der Waals surface area (Å²) in [5.74, 6) is -1.21. The fourth-order valence-electron chi connectivity index (χ4n) is 10.4. The Labute approximate surface area is 526 Å². The molecule has 1 amide bonds. The Bertz CT molecular complexity index is 1820. The van der Waals surface area contributed by atoms with E-state index in [2.05, 4.69) is 123 Å². The highest BCUT2D eigenvalue weighted by atomic mass is 16.7. The molecule has 1 rings (SSSR count). The van der Waals surface area contributed by atoms with E-state index in [1.54, 1.807) is 6.08 Å². The molecule has 11 heteroatoms. The van der Waals surface area contributed by atoms with Crippen LogP contribution in [-0.2, 0) is 23.8 Å². The summed E-state index contributed by atoms with van der Waals surface area (Å²) in [6, 6.07) is -1.04. The summed E-state index contributed by atoms with van der Waals surface area (Å²) in [4.78, 5) is 26.7. The number of carbonyl (C=O) groups is 2. The molecule has 8 atom stereocenters. The molecule has 8 unspecified atom stereocenters. The third kappa shape index (κ3) is 48.3. The SMILES string of the molecule is CC/C=C\C/C=C\C/C=C\C/C=C\C/C=C\C/C=C\CCCCCCCCC(=O)OC1C(OCC(NC(=O)C(O)CCCCCCCCCCCC/C=C\C/C=C\CCCCC)C(O)/C=C/CCCCCCCCCCCC)OC(CO)C(O)C1O. The van der Waals surface area contributed by atoms with Crippen molar-refractivity contribution in [2.45, 2.75) is 339 Å². The lowest BCUT2D eigenvalue weighted by molar-refractivity contribution is -0.305. The number of allylic oxidation sites excluding steroid dienone is 17. The molecule has 1 fully saturated rings. The van der Waals surface area contributed by atoms with Gasteiger partial charge in [-0.1, -0.05) is 284 Å². The van der Waals surface area contributed by atoms with Gasteiger partial charge in [0.15, 0.2) is 12.4 Å². The van der Waals surface area contributed by atoms with Crippen LogP contribution in [-0.4, -0.2) is 99.6 Å². The minimum absolute atomic E-state index is 0.101. The van der Waals surface area contributed by atoms with Crippen LogP contribution in [0.1, 0.15) is 290 Å². The maximum atomic E-state index is 13.5. The van der Waals surface area contributed by atoms with Gasteiger partial charge in [0.05, 0.1) is 25.4 Å². The van der Waals surface area contributed by atoms with Crippen LogP contribution in [0.4, 0.5) is 0 Å². The number of hydrogen-bond donors (Lipinski definition) is 6. The van der Waals surface area contributed by atoms with Crippen molar-refractivity contribution in [3.8, 4) is 0 Å². The molecule has 494 valence electrons. The van der Waals surface area contributed by atoms with E-state index in [0.717, 1.165) is 128 Å². The lowest BCUT2D eigenvalue weighted by Gasteiger charge is -2.41. The predicted molar refractivity (Wildman–Crippen MR) is 361 cm³/mol. The maximum absolute atomic E-state index is 13.5. The van der Waals surface area contributed by atoms with Gasteiger partial charge in [0.2, 0.25) is 5.91 Å². The first-order chi connectivity index (χ1) is 42.2. The quantitative estimate of drug-likeness (QED) is 0.0195. The van der Waals surface area contributed by atoms with Crippen LogP contribution in [0.5, 0.6) is 0 Å². The van der Waals surface area contributed by atoms with Gasteiger partial charge in [-0.05, 0) is 109 Å². The summed E-state index contributed by atoms with van der Waals surface area (Å²) in [7, 11) is 0. The first-order valence-corrected chi connectivity index (χ1v) is 35.2. The zero-order chi connectivity index (χ0) is 62.4. The summed E-state index contributed by atoms with van der Waals surface area (Å²) in [6.07, 6.45) is 74.0. The molecular formula is C75H129NO10. The zero-order valence-corrected chi connectivity index (χ0v) is 54.9. The Morgan fingerprint density at radius 1 is 0.465 bits per heavy atom. The van der Waals surface area contributed by atoms with Gasteiger partial charge in [-0.15, -0.1) is 0 Å². The maximum Gasteiger partial charge on any atom is 0.306 e. The van der Waals surface area contributed by atoms with Crippen LogP contribution < -0.4 is 5.32 Å². The average molecular weight is 1200 g/mol. The van der Waals surface area contributed by atoms with Gasteiger partial charge in [-0.25, -0.2) is 0 Å². The summed E-state index contributed by atoms with van der Waals surface area (Å²) in [5.41, 5.74) is 0. The van der Waals surface area contributed by atoms with Gasteiger partial charge in [-0.3, -0.25) is 9.59 Å². The molecule has 0 spiro atoms. The van der Waals surface area contributed by atoms with E-state index in [1.165, 1.54) is 116 Å². The van der Waals surface area contributed by atoms with E-state index in [1.807, 2.05) is 6.08 Å². The van der Waals surface area contributed by atoms with Crippen molar-refractivity contribution in [2.24, 2.45) is 0 Å². The minimum atomic E-state index is -1.63. The number of carbonyl (C=O) groups excluding carboxylic acids is 2. The van der Waals surface area contributed by atoms with Gasteiger partial charge < -0.3 is 45.1 Å². The minimum Gasteiger partial charge on any atom is -0.454 e. The van der Waals surface area contributed by atoms with Crippen molar-refractivity contribution in [3.63, 3.8) is 0 Å². The Kier molecular flexibility index (Phi) is 57.5. The first-order valence-electron chi connectivity index (χ1n) is 35.2. The van der Waals surface area contributed by atoms with Gasteiger partial charge in [0.1, 0.15) is 24.4 Å². The Morgan fingerprint density at radius 3 is 1.28 bits per heavy atom. The van der Waals surface area contributed by atoms with Crippen LogP contribution in [0.15, 0.2) is 109 Å². The summed E-state index contributed by atoms with van der Waals surface area (Å²) in [5, 5.41) is 57.2. The average Bonchev–Trinajstić information content (AvgIpc) is 3.39. The van der Waals surface area contributed by atoms with Crippen LogP contribution in [0, 0.1) is 0 Å². The number of aliphatic hydroxyl groups excluding tert-OH is 5. The highest BCUT2D eigenvalue weighted by Crippen LogP contribution is 2.26. The number of amides is 1. The van der Waals surface area contributed by atoms with Crippen molar-refractivity contribution in [2.75, 3.05) is 13.2 Å². The van der Waals surface area contributed by atoms with Gasteiger partial charge >= 0.3 is 5.97 Å². The Balaban J connectivity index is 2.60. The number of esters is 1. The normalized spacial score (nSPS) is 19.0. The molecule has 1 heterocycles. The standard InChI is InChI=1S/C75H129NO10/c1-4-7-10-13-16-19-22-25-27-29-31-33-34-35-36-37-39-41-43-45-48-51-54-57-60-63-70(80)86-73-72(82)71(81)69(64-77)85-75(73)84-65-66(67(78)61-58-55-52-49-46-24-21-18-15-12-9-6-3)76-74(83)68(79)62-59-56-53-50-47-44-42-40-38-32-30-28-26-23-20-17-14-11-8-5-2/h7,10,16-17,19-20,25-28,31,33,35-36,39,41,58,61,66-69,71-73,75,77-79,81-82H,4-6,8-9,11-15,18,21-24,29-30,32,34,37-38,40,42-57,59-60,62-65H2,1-3H3,(H,76,83)/b10-7-,19-16-,20-17-,27-25-,28-26-,33-31-,36-35-,41-39-,61-58+. The molecule has 1 saturated heterocycles. The predicted octanol–water partition coefficient (Wildman–Crippen LogP) is 18.0. The molecule has 0 saturated carbocycles. The zero-order valence-electron chi connectivity index (χ0n) is 54.9. The van der Waals surface area contributed by atoms with Gasteiger partial charge in [0, 0.05) is 6.42 Å². The number of aliphatic hydroxyl groups is 5. The molecule has 1 aliphatic heterocycles. The first kappa shape index (κ1) is 80.3. The van der Waals surface area contributed by atoms with E-state index in [9.17, 15) is 35.1 Å². The van der Waals surface area contributed by atoms with E-state index in [4.69, 9.17) is 14.2 Å². The molecular weight excluding hydrogens is 1070 g/mol. The molecule has 0 aliphatic carbocycles. The molecule has 11 nitrogen and oxygen atoms in total. The number of ether oxygens (including phenoxy) is 3. The second kappa shape index (κ2) is 61.6. The van der Waals surface area contributed by atoms with Crippen molar-refractivity contribution < 1.29 is 49.3 Å². The number of hydrogen-bond acceptors (Lipinski definition) is 10. The van der Waals surface area contributed by atoms with E-state index >= 15 is 0 Å². The number of rotatable bonds is 59. The molecule has 0 aromatic carbocycles. The highest BCUT2D eigenvalue weighted by molar-refractivity contribution is 5.80. The summed E-state index contributed by atoms with van der Waals surface area (Å²) < 4.78 is 17.7. The van der Waals surface area contributed by atoms with Gasteiger partial charge in [-0.2, -0.15) is 0 Å². The molecule has 1 aliphatic rings. The number of unbranched alkanes of at least 4 members (excludes halogenated alkanes) is 29. The second-order valence-electron chi connectivity index (χ2n) is 23.9. The molecule has 0 radical (unpaired) electrons. The van der Waals surface area contributed by atoms with E-state index in [0.29, 0.717) is 12.8 Å². The van der Waals surface area contributed by atoms with E-state index in [-0.39, 0.29) is 19.4 Å². The topological polar surface area (TPSA) is 175 Å². The fraction of sp³-hybridized carbons (Fsp3) is 0.733.